The summed E-state index contributed by atoms with van der Waals surface area (Å²) in [4.78, 5) is 24.2. The van der Waals surface area contributed by atoms with Crippen molar-refractivity contribution in [3.8, 4) is 11.5 Å². The van der Waals surface area contributed by atoms with Gasteiger partial charge in [-0.1, -0.05) is 6.42 Å². The van der Waals surface area contributed by atoms with Crippen LogP contribution in [0.15, 0.2) is 24.3 Å². The molecule has 6 heteroatoms. The second-order valence-electron chi connectivity index (χ2n) is 7.34. The number of amides is 2. The molecule has 4 atom stereocenters. The summed E-state index contributed by atoms with van der Waals surface area (Å²) in [6, 6.07) is 7.09. The van der Waals surface area contributed by atoms with E-state index in [1.54, 1.807) is 31.2 Å². The van der Waals surface area contributed by atoms with E-state index in [0.29, 0.717) is 30.6 Å². The average Bonchev–Trinajstić information content (AvgIpc) is 3.24. The summed E-state index contributed by atoms with van der Waals surface area (Å²) in [6.07, 6.45) is 4.79. The fraction of sp³-hybridized carbons (Fsp3) is 0.600. The smallest absolute Gasteiger partial charge is 0.279 e. The van der Waals surface area contributed by atoms with Crippen LogP contribution in [0.5, 0.6) is 11.5 Å². The topological polar surface area (TPSA) is 76.7 Å². The third kappa shape index (κ3) is 4.68. The molecule has 0 spiro atoms. The van der Waals surface area contributed by atoms with Gasteiger partial charge >= 0.3 is 0 Å². The maximum absolute atomic E-state index is 12.1. The number of nitrogens with one attached hydrogen (secondary N) is 2. The van der Waals surface area contributed by atoms with E-state index in [2.05, 4.69) is 10.9 Å². The monoisotopic (exact) mass is 360 g/mol. The van der Waals surface area contributed by atoms with Crippen molar-refractivity contribution < 1.29 is 19.1 Å². The van der Waals surface area contributed by atoms with Crippen LogP contribution in [0.4, 0.5) is 0 Å². The Labute approximate surface area is 154 Å². The van der Waals surface area contributed by atoms with Crippen LogP contribution in [0.3, 0.4) is 0 Å². The minimum absolute atomic E-state index is 0.121. The Bertz CT molecular complexity index is 631. The number of rotatable bonds is 7. The fourth-order valence-corrected chi connectivity index (χ4v) is 4.19. The summed E-state index contributed by atoms with van der Waals surface area (Å²) in [5.41, 5.74) is 4.99. The van der Waals surface area contributed by atoms with Gasteiger partial charge in [0.1, 0.15) is 11.5 Å². The van der Waals surface area contributed by atoms with Crippen LogP contribution in [0.25, 0.3) is 0 Å². The van der Waals surface area contributed by atoms with Gasteiger partial charge in [0, 0.05) is 6.42 Å². The van der Waals surface area contributed by atoms with Crippen molar-refractivity contribution in [2.24, 2.45) is 17.8 Å². The van der Waals surface area contributed by atoms with Gasteiger partial charge in [-0.05, 0) is 75.1 Å². The van der Waals surface area contributed by atoms with Crippen LogP contribution in [0.1, 0.15) is 46.0 Å². The zero-order valence-corrected chi connectivity index (χ0v) is 15.5. The van der Waals surface area contributed by atoms with Crippen molar-refractivity contribution in [1.82, 2.24) is 10.9 Å². The van der Waals surface area contributed by atoms with Crippen LogP contribution in [0.2, 0.25) is 0 Å². The van der Waals surface area contributed by atoms with Gasteiger partial charge in [-0.3, -0.25) is 20.4 Å². The SMILES string of the molecule is CCOc1ccc(OC(C)C(=O)NNC(=O)CC2CC3CCC2C3)cc1. The summed E-state index contributed by atoms with van der Waals surface area (Å²) < 4.78 is 11.0. The van der Waals surface area contributed by atoms with E-state index in [0.717, 1.165) is 18.1 Å². The Kier molecular flexibility index (Phi) is 6.01. The fourth-order valence-electron chi connectivity index (χ4n) is 4.19. The average molecular weight is 360 g/mol. The normalized spacial score (nSPS) is 24.8. The van der Waals surface area contributed by atoms with Crippen LogP contribution in [-0.2, 0) is 9.59 Å². The van der Waals surface area contributed by atoms with Gasteiger partial charge in [-0.15, -0.1) is 0 Å². The highest BCUT2D eigenvalue weighted by atomic mass is 16.5. The first kappa shape index (κ1) is 18.5. The summed E-state index contributed by atoms with van der Waals surface area (Å²) >= 11 is 0. The number of hydrazine groups is 1. The molecule has 2 bridgehead atoms. The Morgan fingerprint density at radius 2 is 1.85 bits per heavy atom. The first-order valence-electron chi connectivity index (χ1n) is 9.53. The summed E-state index contributed by atoms with van der Waals surface area (Å²) in [5.74, 6) is 2.82. The minimum atomic E-state index is -0.712. The summed E-state index contributed by atoms with van der Waals surface area (Å²) in [5, 5.41) is 0. The van der Waals surface area contributed by atoms with Gasteiger partial charge in [-0.2, -0.15) is 0 Å². The zero-order valence-electron chi connectivity index (χ0n) is 15.5. The number of carbonyl (C=O) groups is 2. The number of hydrogen-bond donors (Lipinski definition) is 2. The predicted molar refractivity (Wildman–Crippen MR) is 97.5 cm³/mol. The van der Waals surface area contributed by atoms with Gasteiger partial charge in [0.25, 0.3) is 5.91 Å². The van der Waals surface area contributed by atoms with Gasteiger partial charge in [0.2, 0.25) is 5.91 Å². The molecule has 0 aliphatic heterocycles. The molecule has 2 amide bonds. The van der Waals surface area contributed by atoms with Crippen molar-refractivity contribution in [3.63, 3.8) is 0 Å². The Balaban J connectivity index is 1.38. The quantitative estimate of drug-likeness (QED) is 0.733. The molecule has 1 aromatic rings. The highest BCUT2D eigenvalue weighted by Crippen LogP contribution is 2.49. The van der Waals surface area contributed by atoms with E-state index >= 15 is 0 Å². The number of benzene rings is 1. The third-order valence-electron chi connectivity index (χ3n) is 5.47. The molecule has 2 fully saturated rings. The van der Waals surface area contributed by atoms with Gasteiger partial charge < -0.3 is 9.47 Å². The van der Waals surface area contributed by atoms with Crippen molar-refractivity contribution in [3.05, 3.63) is 24.3 Å². The van der Waals surface area contributed by atoms with Gasteiger partial charge in [-0.25, -0.2) is 0 Å². The number of fused-ring (bicyclic) bond motifs is 2. The van der Waals surface area contributed by atoms with E-state index in [1.165, 1.54) is 19.3 Å². The molecule has 0 aromatic heterocycles. The lowest BCUT2D eigenvalue weighted by Crippen LogP contribution is -2.47. The van der Waals surface area contributed by atoms with Crippen LogP contribution >= 0.6 is 0 Å². The second kappa shape index (κ2) is 8.43. The molecule has 0 saturated heterocycles. The molecular formula is C20H28N2O4. The highest BCUT2D eigenvalue weighted by Gasteiger charge is 2.40. The van der Waals surface area contributed by atoms with Gasteiger partial charge in [0.05, 0.1) is 6.61 Å². The Morgan fingerprint density at radius 3 is 2.46 bits per heavy atom. The number of carbonyl (C=O) groups excluding carboxylic acids is 2. The highest BCUT2D eigenvalue weighted by molar-refractivity contribution is 5.84. The molecule has 1 aromatic carbocycles. The molecule has 2 aliphatic rings. The largest absolute Gasteiger partial charge is 0.494 e. The van der Waals surface area contributed by atoms with E-state index in [9.17, 15) is 9.59 Å². The molecule has 142 valence electrons. The summed E-state index contributed by atoms with van der Waals surface area (Å²) in [6.45, 7) is 4.16. The lowest BCUT2D eigenvalue weighted by Gasteiger charge is -2.21. The van der Waals surface area contributed by atoms with Crippen LogP contribution in [0, 0.1) is 17.8 Å². The molecule has 2 N–H and O–H groups in total. The first-order valence-corrected chi connectivity index (χ1v) is 9.53. The molecule has 2 aliphatic carbocycles. The zero-order chi connectivity index (χ0) is 18.5. The minimum Gasteiger partial charge on any atom is -0.494 e. The van der Waals surface area contributed by atoms with Crippen molar-refractivity contribution in [2.45, 2.75) is 52.1 Å². The second-order valence-corrected chi connectivity index (χ2v) is 7.34. The Morgan fingerprint density at radius 1 is 1.12 bits per heavy atom. The third-order valence-corrected chi connectivity index (χ3v) is 5.47. The molecule has 0 heterocycles. The number of ether oxygens (including phenoxy) is 2. The van der Waals surface area contributed by atoms with Crippen LogP contribution < -0.4 is 20.3 Å². The molecular weight excluding hydrogens is 332 g/mol. The van der Waals surface area contributed by atoms with E-state index in [1.807, 2.05) is 6.92 Å². The molecule has 3 rings (SSSR count). The molecule has 0 radical (unpaired) electrons. The maximum atomic E-state index is 12.1. The van der Waals surface area contributed by atoms with Gasteiger partial charge in [0.15, 0.2) is 6.10 Å². The van der Waals surface area contributed by atoms with Crippen molar-refractivity contribution in [2.75, 3.05) is 6.61 Å². The first-order chi connectivity index (χ1) is 12.5. The van der Waals surface area contributed by atoms with E-state index < -0.39 is 6.10 Å². The predicted octanol–water partition coefficient (Wildman–Crippen LogP) is 2.83. The molecule has 6 nitrogen and oxygen atoms in total. The lowest BCUT2D eigenvalue weighted by atomic mass is 9.86. The molecule has 2 saturated carbocycles. The van der Waals surface area contributed by atoms with E-state index in [-0.39, 0.29) is 11.8 Å². The number of hydrogen-bond acceptors (Lipinski definition) is 4. The lowest BCUT2D eigenvalue weighted by molar-refractivity contribution is -0.133. The maximum Gasteiger partial charge on any atom is 0.279 e. The summed E-state index contributed by atoms with van der Waals surface area (Å²) in [7, 11) is 0. The standard InChI is InChI=1S/C20H28N2O4/c1-3-25-17-6-8-18(9-7-17)26-13(2)20(24)22-21-19(23)12-16-11-14-4-5-15(16)10-14/h6-9,13-16H,3-5,10-12H2,1-2H3,(H,21,23)(H,22,24). The Hall–Kier alpha value is -2.24. The van der Waals surface area contributed by atoms with Crippen LogP contribution in [-0.4, -0.2) is 24.5 Å². The van der Waals surface area contributed by atoms with E-state index in [4.69, 9.17) is 9.47 Å². The molecule has 4 unspecified atom stereocenters. The van der Waals surface area contributed by atoms with Crippen molar-refractivity contribution >= 4 is 11.8 Å². The van der Waals surface area contributed by atoms with Crippen molar-refractivity contribution in [1.29, 1.82) is 0 Å². The molecule has 26 heavy (non-hydrogen) atoms.